The Kier molecular flexibility index (Phi) is 5.24. The highest BCUT2D eigenvalue weighted by atomic mass is 32.2. The maximum atomic E-state index is 12.5. The molecule has 1 aliphatic heterocycles. The molecular weight excluding hydrogens is 344 g/mol. The average Bonchev–Trinajstić information content (AvgIpc) is 2.97. The monoisotopic (exact) mass is 362 g/mol. The molecule has 1 aliphatic carbocycles. The number of carboxylic acid groups (broad SMARTS) is 1. The van der Waals surface area contributed by atoms with Gasteiger partial charge in [0.1, 0.15) is 0 Å². The van der Waals surface area contributed by atoms with Crippen molar-refractivity contribution in [2.75, 3.05) is 0 Å². The minimum atomic E-state index is -0.934. The molecule has 1 aromatic rings. The molecule has 26 heavy (non-hydrogen) atoms. The topological polar surface area (TPSA) is 54.4 Å². The van der Waals surface area contributed by atoms with E-state index in [1.165, 1.54) is 11.8 Å². The highest BCUT2D eigenvalue weighted by Crippen LogP contribution is 2.40. The Balaban J connectivity index is 1.85. The van der Waals surface area contributed by atoms with Crippen molar-refractivity contribution in [1.29, 1.82) is 0 Å². The van der Waals surface area contributed by atoms with Gasteiger partial charge in [0.05, 0.1) is 10.5 Å². The SMILES string of the molecule is C=CC(/C=C1\Sc2ccccc2C1=O)=C\C(=C)C1=CC(C(=O)O)=CCC1. The van der Waals surface area contributed by atoms with Crippen molar-refractivity contribution in [2.24, 2.45) is 0 Å². The number of carboxylic acids is 1. The number of Topliss-reactive ketones (excluding diaryl/α,β-unsaturated/α-hetero) is 1. The second-order valence-corrected chi connectivity index (χ2v) is 7.07. The van der Waals surface area contributed by atoms with Gasteiger partial charge in [-0.1, -0.05) is 49.2 Å². The number of aliphatic carboxylic acids is 1. The predicted octanol–water partition coefficient (Wildman–Crippen LogP) is 5.26. The van der Waals surface area contributed by atoms with Crippen LogP contribution < -0.4 is 0 Å². The summed E-state index contributed by atoms with van der Waals surface area (Å²) in [7, 11) is 0. The van der Waals surface area contributed by atoms with Crippen molar-refractivity contribution in [3.05, 3.63) is 101 Å². The van der Waals surface area contributed by atoms with Crippen LogP contribution in [0, 0.1) is 0 Å². The fourth-order valence-electron chi connectivity index (χ4n) is 2.84. The minimum absolute atomic E-state index is 0.0111. The first-order chi connectivity index (χ1) is 12.5. The van der Waals surface area contributed by atoms with Crippen molar-refractivity contribution < 1.29 is 14.7 Å². The van der Waals surface area contributed by atoms with Crippen molar-refractivity contribution >= 4 is 23.5 Å². The number of hydrogen-bond acceptors (Lipinski definition) is 3. The van der Waals surface area contributed by atoms with E-state index >= 15 is 0 Å². The lowest BCUT2D eigenvalue weighted by atomic mass is 9.93. The van der Waals surface area contributed by atoms with Crippen LogP contribution in [0.5, 0.6) is 0 Å². The molecule has 1 heterocycles. The molecule has 130 valence electrons. The average molecular weight is 362 g/mol. The highest BCUT2D eigenvalue weighted by Gasteiger charge is 2.25. The summed E-state index contributed by atoms with van der Waals surface area (Å²) < 4.78 is 0. The van der Waals surface area contributed by atoms with Gasteiger partial charge >= 0.3 is 5.97 Å². The van der Waals surface area contributed by atoms with Crippen LogP contribution in [0.1, 0.15) is 23.2 Å². The van der Waals surface area contributed by atoms with Crippen LogP contribution in [0.4, 0.5) is 0 Å². The van der Waals surface area contributed by atoms with Crippen LogP contribution in [-0.4, -0.2) is 16.9 Å². The Hall–Kier alpha value is -2.85. The molecule has 3 nitrogen and oxygen atoms in total. The van der Waals surface area contributed by atoms with Crippen molar-refractivity contribution in [1.82, 2.24) is 0 Å². The van der Waals surface area contributed by atoms with Gasteiger partial charge in [0.2, 0.25) is 5.78 Å². The molecule has 0 spiro atoms. The Morgan fingerprint density at radius 2 is 2.04 bits per heavy atom. The Morgan fingerprint density at radius 3 is 2.73 bits per heavy atom. The first kappa shape index (κ1) is 18.0. The van der Waals surface area contributed by atoms with Gasteiger partial charge < -0.3 is 5.11 Å². The van der Waals surface area contributed by atoms with E-state index in [9.17, 15) is 9.59 Å². The third-order valence-electron chi connectivity index (χ3n) is 4.22. The predicted molar refractivity (Wildman–Crippen MR) is 105 cm³/mol. The molecule has 1 aromatic carbocycles. The summed E-state index contributed by atoms with van der Waals surface area (Å²) in [6, 6.07) is 7.53. The molecule has 2 aliphatic rings. The summed E-state index contributed by atoms with van der Waals surface area (Å²) in [4.78, 5) is 25.3. The normalized spacial score (nSPS) is 18.2. The number of ketones is 1. The third-order valence-corrected chi connectivity index (χ3v) is 5.32. The number of fused-ring (bicyclic) bond motifs is 1. The van der Waals surface area contributed by atoms with Crippen molar-refractivity contribution in [2.45, 2.75) is 17.7 Å². The molecule has 0 bridgehead atoms. The van der Waals surface area contributed by atoms with Gasteiger partial charge in [-0.2, -0.15) is 0 Å². The smallest absolute Gasteiger partial charge is 0.335 e. The maximum absolute atomic E-state index is 12.5. The molecule has 0 unspecified atom stereocenters. The number of hydrogen-bond donors (Lipinski definition) is 1. The summed E-state index contributed by atoms with van der Waals surface area (Å²) in [5.74, 6) is -0.923. The minimum Gasteiger partial charge on any atom is -0.478 e. The fraction of sp³-hybridized carbons (Fsp3) is 0.0909. The number of carbonyl (C=O) groups is 2. The highest BCUT2D eigenvalue weighted by molar-refractivity contribution is 8.04. The van der Waals surface area contributed by atoms with E-state index in [0.29, 0.717) is 11.3 Å². The van der Waals surface area contributed by atoms with E-state index in [4.69, 9.17) is 5.11 Å². The van der Waals surface area contributed by atoms with Gasteiger partial charge in [0.15, 0.2) is 0 Å². The van der Waals surface area contributed by atoms with Crippen LogP contribution in [0.3, 0.4) is 0 Å². The Morgan fingerprint density at radius 1 is 1.27 bits per heavy atom. The first-order valence-corrected chi connectivity index (χ1v) is 9.02. The second kappa shape index (κ2) is 7.58. The van der Waals surface area contributed by atoms with Gasteiger partial charge in [-0.05, 0) is 59.9 Å². The van der Waals surface area contributed by atoms with Crippen LogP contribution in [0.25, 0.3) is 0 Å². The van der Waals surface area contributed by atoms with Gasteiger partial charge in [-0.25, -0.2) is 4.79 Å². The van der Waals surface area contributed by atoms with Crippen LogP contribution >= 0.6 is 11.8 Å². The van der Waals surface area contributed by atoms with Gasteiger partial charge in [-0.15, -0.1) is 0 Å². The van der Waals surface area contributed by atoms with Crippen molar-refractivity contribution in [3.63, 3.8) is 0 Å². The van der Waals surface area contributed by atoms with E-state index in [0.717, 1.165) is 33.6 Å². The Labute approximate surface area is 156 Å². The molecule has 0 fully saturated rings. The number of rotatable bonds is 5. The quantitative estimate of drug-likeness (QED) is 0.573. The van der Waals surface area contributed by atoms with Gasteiger partial charge in [-0.3, -0.25) is 4.79 Å². The fourth-order valence-corrected chi connectivity index (χ4v) is 3.90. The molecule has 0 aromatic heterocycles. The molecule has 0 amide bonds. The number of thioether (sulfide) groups is 1. The molecule has 0 atom stereocenters. The molecular formula is C22H18O3S. The summed E-state index contributed by atoms with van der Waals surface area (Å²) in [5, 5.41) is 9.15. The zero-order valence-corrected chi connectivity index (χ0v) is 15.0. The number of allylic oxidation sites excluding steroid dienone is 8. The first-order valence-electron chi connectivity index (χ1n) is 8.20. The summed E-state index contributed by atoms with van der Waals surface area (Å²) in [6.45, 7) is 7.88. The zero-order chi connectivity index (χ0) is 18.7. The zero-order valence-electron chi connectivity index (χ0n) is 14.2. The summed E-state index contributed by atoms with van der Waals surface area (Å²) >= 11 is 1.45. The van der Waals surface area contributed by atoms with Gasteiger partial charge in [0, 0.05) is 10.5 Å². The number of carbonyl (C=O) groups excluding carboxylic acids is 1. The standard InChI is InChI=1S/C22H18O3S/c1-3-15(11-14(2)16-7-6-8-17(13-16)22(24)25)12-20-21(23)18-9-4-5-10-19(18)26-20/h3-5,8-13H,1-2,6-7H2,(H,24,25)/b15-11+,20-12-. The lowest BCUT2D eigenvalue weighted by molar-refractivity contribution is -0.132. The summed E-state index contributed by atoms with van der Waals surface area (Å²) in [6.07, 6.45) is 10.1. The molecule has 0 saturated heterocycles. The maximum Gasteiger partial charge on any atom is 0.335 e. The van der Waals surface area contributed by atoms with E-state index in [2.05, 4.69) is 13.2 Å². The van der Waals surface area contributed by atoms with E-state index in [1.54, 1.807) is 18.2 Å². The van der Waals surface area contributed by atoms with Gasteiger partial charge in [0.25, 0.3) is 0 Å². The molecule has 4 heteroatoms. The molecule has 0 radical (unpaired) electrons. The third kappa shape index (κ3) is 3.70. The lowest BCUT2D eigenvalue weighted by Crippen LogP contribution is -2.03. The van der Waals surface area contributed by atoms with Crippen LogP contribution in [0.2, 0.25) is 0 Å². The largest absolute Gasteiger partial charge is 0.478 e. The van der Waals surface area contributed by atoms with Crippen molar-refractivity contribution in [3.8, 4) is 0 Å². The van der Waals surface area contributed by atoms with Crippen LogP contribution in [0.15, 0.2) is 99.9 Å². The van der Waals surface area contributed by atoms with E-state index < -0.39 is 5.97 Å². The molecule has 0 saturated carbocycles. The Bertz CT molecular complexity index is 942. The van der Waals surface area contributed by atoms with E-state index in [-0.39, 0.29) is 11.4 Å². The number of benzene rings is 1. The van der Waals surface area contributed by atoms with E-state index in [1.807, 2.05) is 36.4 Å². The lowest BCUT2D eigenvalue weighted by Gasteiger charge is -2.12. The molecule has 3 rings (SSSR count). The summed E-state index contributed by atoms with van der Waals surface area (Å²) in [5.41, 5.74) is 3.40. The molecule has 1 N–H and O–H groups in total. The second-order valence-electron chi connectivity index (χ2n) is 5.98. The van der Waals surface area contributed by atoms with Crippen LogP contribution in [-0.2, 0) is 4.79 Å².